The molecular weight excluding hydrogens is 472 g/mol. The molecule has 1 aliphatic heterocycles. The normalized spacial score (nSPS) is 14.3. The highest BCUT2D eigenvalue weighted by molar-refractivity contribution is 6.04. The summed E-state index contributed by atoms with van der Waals surface area (Å²) in [5.41, 5.74) is 3.22. The quantitative estimate of drug-likeness (QED) is 0.181. The van der Waals surface area contributed by atoms with Crippen molar-refractivity contribution in [2.75, 3.05) is 50.1 Å². The summed E-state index contributed by atoms with van der Waals surface area (Å²) in [6, 6.07) is 13.3. The van der Waals surface area contributed by atoms with E-state index in [9.17, 15) is 9.59 Å². The van der Waals surface area contributed by atoms with Crippen molar-refractivity contribution < 1.29 is 19.1 Å². The average Bonchev–Trinajstić information content (AvgIpc) is 3.39. The summed E-state index contributed by atoms with van der Waals surface area (Å²) in [4.78, 5) is 38.5. The summed E-state index contributed by atoms with van der Waals surface area (Å²) < 4.78 is 10.5. The molecule has 0 aliphatic carbocycles. The fourth-order valence-electron chi connectivity index (χ4n) is 4.16. The van der Waals surface area contributed by atoms with E-state index in [1.807, 2.05) is 30.5 Å². The minimum absolute atomic E-state index is 0.305. The van der Waals surface area contributed by atoms with Crippen molar-refractivity contribution in [1.82, 2.24) is 19.9 Å². The van der Waals surface area contributed by atoms with E-state index in [0.29, 0.717) is 18.1 Å². The molecule has 37 heavy (non-hydrogen) atoms. The lowest BCUT2D eigenvalue weighted by Crippen LogP contribution is -2.37. The molecule has 190 valence electrons. The number of hydrogen-bond donors (Lipinski definition) is 3. The number of nitrogens with zero attached hydrogens (tertiary/aromatic N) is 3. The zero-order valence-electron chi connectivity index (χ0n) is 20.3. The van der Waals surface area contributed by atoms with E-state index in [1.165, 1.54) is 12.4 Å². The van der Waals surface area contributed by atoms with Gasteiger partial charge in [-0.05, 0) is 48.9 Å². The molecule has 2 aromatic carbocycles. The minimum atomic E-state index is -0.546. The number of carbonyl (C=O) groups is 2. The highest BCUT2D eigenvalue weighted by atomic mass is 16.5. The van der Waals surface area contributed by atoms with E-state index < -0.39 is 11.9 Å². The molecule has 0 spiro atoms. The van der Waals surface area contributed by atoms with E-state index in [2.05, 4.69) is 30.5 Å². The molecule has 5 rings (SSSR count). The van der Waals surface area contributed by atoms with Crippen LogP contribution in [0.3, 0.4) is 0 Å². The third kappa shape index (κ3) is 6.49. The first-order chi connectivity index (χ1) is 18.1. The molecule has 1 fully saturated rings. The zero-order chi connectivity index (χ0) is 25.5. The van der Waals surface area contributed by atoms with Crippen LogP contribution >= 0.6 is 0 Å². The van der Waals surface area contributed by atoms with Crippen molar-refractivity contribution in [2.24, 2.45) is 0 Å². The predicted octanol–water partition coefficient (Wildman–Crippen LogP) is 3.61. The van der Waals surface area contributed by atoms with Gasteiger partial charge in [-0.1, -0.05) is 0 Å². The number of amides is 1. The topological polar surface area (TPSA) is 121 Å². The number of ether oxygens (including phenoxy) is 2. The van der Waals surface area contributed by atoms with Crippen LogP contribution in [0.1, 0.15) is 6.42 Å². The van der Waals surface area contributed by atoms with Crippen molar-refractivity contribution in [1.29, 1.82) is 0 Å². The van der Waals surface area contributed by atoms with Gasteiger partial charge in [-0.25, -0.2) is 14.8 Å². The van der Waals surface area contributed by atoms with Crippen LogP contribution in [0.15, 0.2) is 67.1 Å². The van der Waals surface area contributed by atoms with Crippen molar-refractivity contribution in [3.63, 3.8) is 0 Å². The van der Waals surface area contributed by atoms with E-state index in [4.69, 9.17) is 9.47 Å². The summed E-state index contributed by atoms with van der Waals surface area (Å²) in [7, 11) is 0. The summed E-state index contributed by atoms with van der Waals surface area (Å²) in [5, 5.41) is 7.93. The lowest BCUT2D eigenvalue weighted by Gasteiger charge is -2.26. The molecule has 1 saturated heterocycles. The summed E-state index contributed by atoms with van der Waals surface area (Å²) in [6.45, 7) is 4.43. The highest BCUT2D eigenvalue weighted by Gasteiger charge is 2.10. The van der Waals surface area contributed by atoms with Gasteiger partial charge < -0.3 is 25.1 Å². The van der Waals surface area contributed by atoms with Gasteiger partial charge >= 0.3 is 5.97 Å². The van der Waals surface area contributed by atoms with Crippen LogP contribution in [0.4, 0.5) is 17.2 Å². The van der Waals surface area contributed by atoms with Crippen molar-refractivity contribution >= 4 is 50.9 Å². The van der Waals surface area contributed by atoms with Gasteiger partial charge in [-0.3, -0.25) is 9.69 Å². The second-order valence-electron chi connectivity index (χ2n) is 8.66. The third-order valence-corrected chi connectivity index (χ3v) is 6.06. The molecule has 0 bridgehead atoms. The number of morpholine rings is 1. The Morgan fingerprint density at radius 3 is 2.81 bits per heavy atom. The maximum absolute atomic E-state index is 12.4. The number of carbonyl (C=O) groups excluding carboxylic acids is 2. The number of anilines is 3. The first-order valence-corrected chi connectivity index (χ1v) is 12.2. The summed E-state index contributed by atoms with van der Waals surface area (Å²) in [5.74, 6) is -0.365. The van der Waals surface area contributed by atoms with Crippen LogP contribution in [0.2, 0.25) is 0 Å². The maximum atomic E-state index is 12.4. The summed E-state index contributed by atoms with van der Waals surface area (Å²) >= 11 is 0. The van der Waals surface area contributed by atoms with Crippen molar-refractivity contribution in [3.05, 3.63) is 67.1 Å². The van der Waals surface area contributed by atoms with E-state index in [1.54, 1.807) is 18.2 Å². The molecular formula is C27H28N6O4. The van der Waals surface area contributed by atoms with Crippen LogP contribution < -0.4 is 10.6 Å². The smallest absolute Gasteiger partial charge is 0.330 e. The van der Waals surface area contributed by atoms with Crippen LogP contribution in [-0.4, -0.2) is 71.2 Å². The predicted molar refractivity (Wildman–Crippen MR) is 142 cm³/mol. The molecule has 1 aliphatic rings. The molecule has 3 N–H and O–H groups in total. The van der Waals surface area contributed by atoms with Gasteiger partial charge in [0.05, 0.1) is 25.3 Å². The van der Waals surface area contributed by atoms with Gasteiger partial charge in [0.25, 0.3) is 0 Å². The Balaban J connectivity index is 1.16. The van der Waals surface area contributed by atoms with Crippen LogP contribution in [0.5, 0.6) is 0 Å². The molecule has 1 amide bonds. The third-order valence-electron chi connectivity index (χ3n) is 6.06. The van der Waals surface area contributed by atoms with E-state index in [-0.39, 0.29) is 0 Å². The molecule has 3 heterocycles. The second kappa shape index (κ2) is 11.6. The highest BCUT2D eigenvalue weighted by Crippen LogP contribution is 2.27. The van der Waals surface area contributed by atoms with Crippen LogP contribution in [-0.2, 0) is 19.1 Å². The average molecular weight is 501 g/mol. The fraction of sp³-hybridized carbons (Fsp3) is 0.259. The van der Waals surface area contributed by atoms with Crippen LogP contribution in [0.25, 0.3) is 21.8 Å². The lowest BCUT2D eigenvalue weighted by molar-refractivity contribution is -0.138. The van der Waals surface area contributed by atoms with Crippen molar-refractivity contribution in [3.8, 4) is 0 Å². The van der Waals surface area contributed by atoms with E-state index >= 15 is 0 Å². The maximum Gasteiger partial charge on any atom is 0.330 e. The Bertz CT molecular complexity index is 1430. The van der Waals surface area contributed by atoms with Gasteiger partial charge in [0, 0.05) is 65.6 Å². The molecule has 0 radical (unpaired) electrons. The molecule has 0 saturated carbocycles. The largest absolute Gasteiger partial charge is 0.462 e. The second-order valence-corrected chi connectivity index (χ2v) is 8.66. The number of aromatic amines is 1. The minimum Gasteiger partial charge on any atom is -0.462 e. The number of esters is 1. The van der Waals surface area contributed by atoms with Crippen molar-refractivity contribution in [2.45, 2.75) is 6.42 Å². The van der Waals surface area contributed by atoms with Gasteiger partial charge in [-0.2, -0.15) is 0 Å². The molecule has 10 heteroatoms. The molecule has 0 unspecified atom stereocenters. The number of H-pyrrole nitrogens is 1. The Kier molecular flexibility index (Phi) is 7.68. The standard InChI is InChI=1S/C27H28N6O4/c34-25(6-7-26(35)37-13-1-10-33-11-14-36-15-12-33)31-21-3-5-24-22(17-21)27(30-18-29-24)32-20-2-4-23-19(16-20)8-9-28-23/h2-9,16-18,28H,1,10-15H2,(H,31,34)(H,29,30,32). The van der Waals surface area contributed by atoms with Crippen LogP contribution in [0, 0.1) is 0 Å². The molecule has 0 atom stereocenters. The number of fused-ring (bicyclic) bond motifs is 2. The summed E-state index contributed by atoms with van der Waals surface area (Å²) in [6.07, 6.45) is 6.43. The SMILES string of the molecule is O=C(C=CC(=O)OCCCN1CCOCC1)Nc1ccc2ncnc(Nc3ccc4[nH]ccc4c3)c2c1. The Morgan fingerprint density at radius 2 is 1.92 bits per heavy atom. The fourth-order valence-corrected chi connectivity index (χ4v) is 4.16. The number of rotatable bonds is 9. The number of nitrogens with one attached hydrogen (secondary N) is 3. The zero-order valence-corrected chi connectivity index (χ0v) is 20.3. The van der Waals surface area contributed by atoms with E-state index in [0.717, 1.165) is 72.8 Å². The molecule has 10 nitrogen and oxygen atoms in total. The first kappa shape index (κ1) is 24.4. The Morgan fingerprint density at radius 1 is 1.05 bits per heavy atom. The van der Waals surface area contributed by atoms with Gasteiger partial charge in [-0.15, -0.1) is 0 Å². The Labute approximate surface area is 213 Å². The van der Waals surface area contributed by atoms with Gasteiger partial charge in [0.1, 0.15) is 12.1 Å². The number of hydrogen-bond acceptors (Lipinski definition) is 8. The molecule has 2 aromatic heterocycles. The first-order valence-electron chi connectivity index (χ1n) is 12.2. The van der Waals surface area contributed by atoms with Gasteiger partial charge in [0.2, 0.25) is 5.91 Å². The Hall–Kier alpha value is -4.28. The van der Waals surface area contributed by atoms with Gasteiger partial charge in [0.15, 0.2) is 0 Å². The lowest BCUT2D eigenvalue weighted by atomic mass is 10.2. The monoisotopic (exact) mass is 500 g/mol. The number of benzene rings is 2. The number of aromatic nitrogens is 3. The molecule has 4 aromatic rings.